The Hall–Kier alpha value is -0.540. The quantitative estimate of drug-likeness (QED) is 0.888. The monoisotopic (exact) mass is 251 g/mol. The maximum absolute atomic E-state index is 5.68. The Labute approximate surface area is 107 Å². The second kappa shape index (κ2) is 5.40. The van der Waals surface area contributed by atoms with Crippen LogP contribution in [-0.2, 0) is 13.0 Å². The van der Waals surface area contributed by atoms with Crippen LogP contribution in [0.4, 0.5) is 0 Å². The molecule has 1 fully saturated rings. The molecule has 0 amide bonds. The van der Waals surface area contributed by atoms with Crippen molar-refractivity contribution in [2.75, 3.05) is 6.61 Å². The summed E-state index contributed by atoms with van der Waals surface area (Å²) in [6.45, 7) is 1.94. The largest absolute Gasteiger partial charge is 0.492 e. The van der Waals surface area contributed by atoms with Gasteiger partial charge in [-0.25, -0.2) is 0 Å². The average molecular weight is 251 g/mol. The number of hydrogen-bond acceptors (Lipinski definition) is 3. The van der Waals surface area contributed by atoms with Gasteiger partial charge in [0.05, 0.1) is 6.61 Å². The van der Waals surface area contributed by atoms with Crippen molar-refractivity contribution < 1.29 is 4.74 Å². The van der Waals surface area contributed by atoms with Gasteiger partial charge in [0, 0.05) is 22.3 Å². The van der Waals surface area contributed by atoms with Crippen LogP contribution < -0.4 is 10.1 Å². The lowest BCUT2D eigenvalue weighted by Crippen LogP contribution is -2.30. The molecule has 17 heavy (non-hydrogen) atoms. The fourth-order valence-electron chi connectivity index (χ4n) is 2.81. The molecule has 0 radical (unpaired) electrons. The van der Waals surface area contributed by atoms with Crippen molar-refractivity contribution in [1.29, 1.82) is 0 Å². The zero-order valence-corrected chi connectivity index (χ0v) is 11.2. The van der Waals surface area contributed by atoms with E-state index in [0.717, 1.165) is 24.9 Å². The van der Waals surface area contributed by atoms with Gasteiger partial charge in [-0.15, -0.1) is 11.3 Å². The minimum absolute atomic E-state index is 0.754. The van der Waals surface area contributed by atoms with Crippen LogP contribution in [0.3, 0.4) is 0 Å². The molecule has 1 N–H and O–H groups in total. The summed E-state index contributed by atoms with van der Waals surface area (Å²) in [5.41, 5.74) is 0. The van der Waals surface area contributed by atoms with E-state index in [-0.39, 0.29) is 0 Å². The molecule has 0 spiro atoms. The van der Waals surface area contributed by atoms with Crippen molar-refractivity contribution in [3.8, 4) is 5.75 Å². The second-order valence-corrected chi connectivity index (χ2v) is 6.39. The predicted octanol–water partition coefficient (Wildman–Crippen LogP) is 3.50. The van der Waals surface area contributed by atoms with E-state index in [0.29, 0.717) is 0 Å². The van der Waals surface area contributed by atoms with Crippen LogP contribution in [0.5, 0.6) is 5.75 Å². The molecule has 94 valence electrons. The van der Waals surface area contributed by atoms with Gasteiger partial charge in [0.15, 0.2) is 0 Å². The van der Waals surface area contributed by atoms with Gasteiger partial charge in [-0.05, 0) is 31.7 Å². The Morgan fingerprint density at radius 2 is 2.12 bits per heavy atom. The van der Waals surface area contributed by atoms with Crippen molar-refractivity contribution in [3.05, 3.63) is 15.8 Å². The Morgan fingerprint density at radius 3 is 2.94 bits per heavy atom. The molecule has 0 aromatic carbocycles. The Bertz CT molecular complexity index is 345. The molecule has 1 saturated carbocycles. The van der Waals surface area contributed by atoms with Crippen LogP contribution in [-0.4, -0.2) is 12.6 Å². The van der Waals surface area contributed by atoms with E-state index in [1.165, 1.54) is 54.7 Å². The first kappa shape index (κ1) is 11.5. The summed E-state index contributed by atoms with van der Waals surface area (Å²) in [5, 5.41) is 3.70. The number of fused-ring (bicyclic) bond motifs is 1. The molecule has 1 aromatic heterocycles. The molecule has 1 aliphatic carbocycles. The van der Waals surface area contributed by atoms with E-state index in [9.17, 15) is 0 Å². The standard InChI is InChI=1S/C14H21NOS/c1-2-5-11(6-3-1)15-10-12-9-13-14(17-12)7-4-8-16-13/h9,11,15H,1-8,10H2. The summed E-state index contributed by atoms with van der Waals surface area (Å²) in [4.78, 5) is 2.90. The van der Waals surface area contributed by atoms with Gasteiger partial charge in [-0.1, -0.05) is 19.3 Å². The lowest BCUT2D eigenvalue weighted by molar-refractivity contribution is 0.291. The van der Waals surface area contributed by atoms with Crippen molar-refractivity contribution in [2.24, 2.45) is 0 Å². The molecule has 3 rings (SSSR count). The van der Waals surface area contributed by atoms with Crippen LogP contribution in [0.2, 0.25) is 0 Å². The zero-order valence-electron chi connectivity index (χ0n) is 10.3. The highest BCUT2D eigenvalue weighted by atomic mass is 32.1. The lowest BCUT2D eigenvalue weighted by atomic mass is 9.95. The predicted molar refractivity (Wildman–Crippen MR) is 71.8 cm³/mol. The summed E-state index contributed by atoms with van der Waals surface area (Å²) in [6, 6.07) is 3.00. The molecule has 1 aliphatic heterocycles. The molecule has 1 aromatic rings. The molecule has 0 unspecified atom stereocenters. The van der Waals surface area contributed by atoms with E-state index < -0.39 is 0 Å². The number of aryl methyl sites for hydroxylation is 1. The highest BCUT2D eigenvalue weighted by molar-refractivity contribution is 7.12. The van der Waals surface area contributed by atoms with Gasteiger partial charge in [0.2, 0.25) is 0 Å². The second-order valence-electron chi connectivity index (χ2n) is 5.17. The van der Waals surface area contributed by atoms with Gasteiger partial charge in [0.1, 0.15) is 5.75 Å². The first-order valence-electron chi connectivity index (χ1n) is 6.89. The smallest absolute Gasteiger partial charge is 0.133 e. The minimum atomic E-state index is 0.754. The molecule has 2 heterocycles. The number of rotatable bonds is 3. The van der Waals surface area contributed by atoms with E-state index >= 15 is 0 Å². The van der Waals surface area contributed by atoms with Gasteiger partial charge in [0.25, 0.3) is 0 Å². The number of nitrogens with one attached hydrogen (secondary N) is 1. The minimum Gasteiger partial charge on any atom is -0.492 e. The fourth-order valence-corrected chi connectivity index (χ4v) is 3.92. The van der Waals surface area contributed by atoms with E-state index in [1.54, 1.807) is 0 Å². The molecule has 0 atom stereocenters. The summed E-state index contributed by atoms with van der Waals surface area (Å²) >= 11 is 1.94. The summed E-state index contributed by atoms with van der Waals surface area (Å²) in [5.74, 6) is 1.15. The van der Waals surface area contributed by atoms with Crippen LogP contribution in [0.1, 0.15) is 48.3 Å². The highest BCUT2D eigenvalue weighted by Gasteiger charge is 2.16. The van der Waals surface area contributed by atoms with Gasteiger partial charge in [-0.2, -0.15) is 0 Å². The van der Waals surface area contributed by atoms with E-state index in [1.807, 2.05) is 11.3 Å². The first-order valence-corrected chi connectivity index (χ1v) is 7.71. The fraction of sp³-hybridized carbons (Fsp3) is 0.714. The molecule has 2 nitrogen and oxygen atoms in total. The maximum atomic E-state index is 5.68. The molecular weight excluding hydrogens is 230 g/mol. The molecule has 2 aliphatic rings. The molecule has 3 heteroatoms. The summed E-state index contributed by atoms with van der Waals surface area (Å²) in [6.07, 6.45) is 9.36. The molecular formula is C14H21NOS. The average Bonchev–Trinajstić information content (AvgIpc) is 2.80. The molecule has 0 bridgehead atoms. The Balaban J connectivity index is 1.55. The Morgan fingerprint density at radius 1 is 1.24 bits per heavy atom. The summed E-state index contributed by atoms with van der Waals surface area (Å²) < 4.78 is 5.68. The third-order valence-electron chi connectivity index (χ3n) is 3.80. The van der Waals surface area contributed by atoms with Gasteiger partial charge < -0.3 is 10.1 Å². The number of thiophene rings is 1. The van der Waals surface area contributed by atoms with Crippen molar-refractivity contribution >= 4 is 11.3 Å². The number of ether oxygens (including phenoxy) is 1. The highest BCUT2D eigenvalue weighted by Crippen LogP contribution is 2.33. The zero-order chi connectivity index (χ0) is 11.5. The van der Waals surface area contributed by atoms with Crippen molar-refractivity contribution in [1.82, 2.24) is 5.32 Å². The Kier molecular flexibility index (Phi) is 3.67. The van der Waals surface area contributed by atoms with Crippen molar-refractivity contribution in [2.45, 2.75) is 57.5 Å². The maximum Gasteiger partial charge on any atom is 0.133 e. The van der Waals surface area contributed by atoms with Crippen molar-refractivity contribution in [3.63, 3.8) is 0 Å². The first-order chi connectivity index (χ1) is 8.42. The topological polar surface area (TPSA) is 21.3 Å². The van der Waals surface area contributed by atoms with Crippen LogP contribution in [0, 0.1) is 0 Å². The van der Waals surface area contributed by atoms with Gasteiger partial charge in [-0.3, -0.25) is 0 Å². The van der Waals surface area contributed by atoms with Crippen LogP contribution in [0.25, 0.3) is 0 Å². The normalized spacial score (nSPS) is 20.9. The molecule has 0 saturated heterocycles. The third-order valence-corrected chi connectivity index (χ3v) is 4.97. The summed E-state index contributed by atoms with van der Waals surface area (Å²) in [7, 11) is 0. The third kappa shape index (κ3) is 2.83. The van der Waals surface area contributed by atoms with Crippen LogP contribution >= 0.6 is 11.3 Å². The number of hydrogen-bond donors (Lipinski definition) is 1. The van der Waals surface area contributed by atoms with Crippen LogP contribution in [0.15, 0.2) is 6.07 Å². The van der Waals surface area contributed by atoms with Gasteiger partial charge >= 0.3 is 0 Å². The lowest BCUT2D eigenvalue weighted by Gasteiger charge is -2.22. The SMILES string of the molecule is c1c(CNC2CCCCC2)sc2c1OCCC2. The van der Waals surface area contributed by atoms with E-state index in [2.05, 4.69) is 11.4 Å². The van der Waals surface area contributed by atoms with E-state index in [4.69, 9.17) is 4.74 Å².